The fourth-order valence-corrected chi connectivity index (χ4v) is 7.17. The summed E-state index contributed by atoms with van der Waals surface area (Å²) in [5.74, 6) is 0.532. The average molecular weight is 532 g/mol. The van der Waals surface area contributed by atoms with E-state index in [2.05, 4.69) is 5.10 Å². The van der Waals surface area contributed by atoms with Gasteiger partial charge in [0.05, 0.1) is 17.7 Å². The predicted molar refractivity (Wildman–Crippen MR) is 145 cm³/mol. The predicted octanol–water partition coefficient (Wildman–Crippen LogP) is 5.20. The molecule has 1 amide bonds. The van der Waals surface area contributed by atoms with Crippen molar-refractivity contribution in [1.29, 1.82) is 0 Å². The van der Waals surface area contributed by atoms with Gasteiger partial charge in [0.2, 0.25) is 16.2 Å². The van der Waals surface area contributed by atoms with Crippen molar-refractivity contribution in [2.75, 3.05) is 23.8 Å². The Morgan fingerprint density at radius 1 is 1.00 bits per heavy atom. The first-order valence-corrected chi connectivity index (χ1v) is 13.0. The maximum Gasteiger partial charge on any atom is 0.365 e. The van der Waals surface area contributed by atoms with Gasteiger partial charge in [0.15, 0.2) is 11.5 Å². The van der Waals surface area contributed by atoms with Crippen LogP contribution in [0.4, 0.5) is 11.4 Å². The van der Waals surface area contributed by atoms with Crippen LogP contribution in [0.3, 0.4) is 0 Å². The molecule has 3 heterocycles. The lowest BCUT2D eigenvalue weighted by Crippen LogP contribution is -2.51. The number of carbonyl (C=O) groups excluding carboxylic acids is 2. The third-order valence-corrected chi connectivity index (χ3v) is 8.64. The molecule has 3 aromatic carbocycles. The number of methoxy groups -OCH3 is 1. The largest absolute Gasteiger partial charge is 0.464 e. The van der Waals surface area contributed by atoms with Crippen LogP contribution < -0.4 is 19.4 Å². The highest BCUT2D eigenvalue weighted by Gasteiger charge is 2.60. The second-order valence-corrected chi connectivity index (χ2v) is 11.0. The number of thioether (sulfide) groups is 2. The highest BCUT2D eigenvalue weighted by molar-refractivity contribution is 8.29. The van der Waals surface area contributed by atoms with Crippen molar-refractivity contribution in [3.8, 4) is 11.5 Å². The van der Waals surface area contributed by atoms with Crippen LogP contribution >= 0.6 is 23.5 Å². The minimum Gasteiger partial charge on any atom is -0.464 e. The van der Waals surface area contributed by atoms with Crippen LogP contribution in [0, 0.1) is 6.92 Å². The summed E-state index contributed by atoms with van der Waals surface area (Å²) in [6, 6.07) is 22.7. The maximum absolute atomic E-state index is 14.1. The molecule has 10 heteroatoms. The third kappa shape index (κ3) is 4.02. The highest BCUT2D eigenvalue weighted by Crippen LogP contribution is 2.59. The van der Waals surface area contributed by atoms with Crippen LogP contribution in [0.1, 0.15) is 11.1 Å². The van der Waals surface area contributed by atoms with Crippen molar-refractivity contribution in [3.63, 3.8) is 0 Å². The van der Waals surface area contributed by atoms with Gasteiger partial charge in [-0.05, 0) is 72.3 Å². The number of ether oxygens (including phenoxy) is 3. The second kappa shape index (κ2) is 9.20. The Hall–Kier alpha value is -3.89. The van der Waals surface area contributed by atoms with Gasteiger partial charge < -0.3 is 14.2 Å². The smallest absolute Gasteiger partial charge is 0.365 e. The first-order valence-electron chi connectivity index (χ1n) is 11.4. The summed E-state index contributed by atoms with van der Waals surface area (Å²) in [6.45, 7) is 2.15. The topological polar surface area (TPSA) is 80.7 Å². The van der Waals surface area contributed by atoms with Crippen LogP contribution in [0.2, 0.25) is 0 Å². The minimum atomic E-state index is -1.13. The monoisotopic (exact) mass is 531 g/mol. The fourth-order valence-electron chi connectivity index (χ4n) is 4.27. The standard InChI is InChI=1S/C27H21N3O5S2/c1-17-7-6-10-20(13-17)30-27(37-24(28-30)26(32)33-2)29(19-8-4-3-5-9-19)25(31)23(36-27)15-18-11-12-21-22(14-18)35-16-34-21/h3-15H,16H2,1-2H3. The number of carbonyl (C=O) groups is 2. The fraction of sp³-hybridized carbons (Fsp3) is 0.148. The Morgan fingerprint density at radius 2 is 1.78 bits per heavy atom. The number of esters is 1. The second-order valence-electron chi connectivity index (χ2n) is 8.40. The quantitative estimate of drug-likeness (QED) is 0.336. The molecule has 6 rings (SSSR count). The minimum absolute atomic E-state index is 0.162. The summed E-state index contributed by atoms with van der Waals surface area (Å²) in [5.41, 5.74) is 3.25. The van der Waals surface area contributed by atoms with Gasteiger partial charge in [0.1, 0.15) is 0 Å². The molecule has 0 N–H and O–H groups in total. The van der Waals surface area contributed by atoms with Gasteiger partial charge >= 0.3 is 5.97 Å². The maximum atomic E-state index is 14.1. The zero-order valence-electron chi connectivity index (χ0n) is 19.9. The molecule has 186 valence electrons. The number of hydrogen-bond acceptors (Lipinski definition) is 9. The average Bonchev–Trinajstić information content (AvgIpc) is 3.60. The van der Waals surface area contributed by atoms with E-state index in [-0.39, 0.29) is 17.7 Å². The summed E-state index contributed by atoms with van der Waals surface area (Å²) in [7, 11) is 1.32. The molecular weight excluding hydrogens is 510 g/mol. The normalized spacial score (nSPS) is 21.2. The number of aryl methyl sites for hydroxylation is 1. The summed E-state index contributed by atoms with van der Waals surface area (Å²) >= 11 is 2.52. The number of fused-ring (bicyclic) bond motifs is 1. The van der Waals surface area contributed by atoms with Gasteiger partial charge in [0, 0.05) is 5.69 Å². The first-order chi connectivity index (χ1) is 18.0. The molecule has 1 atom stereocenters. The lowest BCUT2D eigenvalue weighted by atomic mass is 10.2. The van der Waals surface area contributed by atoms with Gasteiger partial charge in [-0.15, -0.1) is 0 Å². The van der Waals surface area contributed by atoms with Crippen molar-refractivity contribution in [1.82, 2.24) is 0 Å². The molecule has 0 bridgehead atoms. The molecule has 0 aromatic heterocycles. The van der Waals surface area contributed by atoms with Gasteiger partial charge in [-0.3, -0.25) is 9.69 Å². The van der Waals surface area contributed by atoms with Crippen molar-refractivity contribution in [3.05, 3.63) is 88.8 Å². The lowest BCUT2D eigenvalue weighted by Gasteiger charge is -2.38. The molecule has 3 aromatic rings. The number of rotatable bonds is 4. The molecule has 0 radical (unpaired) electrons. The van der Waals surface area contributed by atoms with E-state index in [0.29, 0.717) is 22.1 Å². The number of hydrazone groups is 1. The van der Waals surface area contributed by atoms with Crippen LogP contribution in [0.15, 0.2) is 82.8 Å². The Labute approximate surface area is 221 Å². The molecule has 37 heavy (non-hydrogen) atoms. The molecule has 1 saturated heterocycles. The van der Waals surface area contributed by atoms with E-state index in [9.17, 15) is 9.59 Å². The van der Waals surface area contributed by atoms with Crippen LogP contribution in [-0.2, 0) is 14.3 Å². The van der Waals surface area contributed by atoms with E-state index in [0.717, 1.165) is 16.8 Å². The van der Waals surface area contributed by atoms with Gasteiger partial charge in [0.25, 0.3) is 5.91 Å². The van der Waals surface area contributed by atoms with Gasteiger partial charge in [-0.1, -0.05) is 48.2 Å². The van der Waals surface area contributed by atoms with E-state index in [4.69, 9.17) is 14.2 Å². The molecule has 0 saturated carbocycles. The summed E-state index contributed by atoms with van der Waals surface area (Å²) in [5, 5.41) is 6.56. The molecule has 0 aliphatic carbocycles. The zero-order valence-corrected chi connectivity index (χ0v) is 21.5. The van der Waals surface area contributed by atoms with E-state index >= 15 is 0 Å². The van der Waals surface area contributed by atoms with Crippen LogP contribution in [0.25, 0.3) is 6.08 Å². The Morgan fingerprint density at radius 3 is 2.57 bits per heavy atom. The summed E-state index contributed by atoms with van der Waals surface area (Å²) < 4.78 is 14.8. The Kier molecular flexibility index (Phi) is 5.85. The van der Waals surface area contributed by atoms with Crippen LogP contribution in [0.5, 0.6) is 11.5 Å². The Balaban J connectivity index is 1.50. The number of para-hydroxylation sites is 1. The number of benzene rings is 3. The van der Waals surface area contributed by atoms with Crippen LogP contribution in [-0.4, -0.2) is 35.1 Å². The zero-order chi connectivity index (χ0) is 25.6. The Bertz CT molecular complexity index is 1480. The van der Waals surface area contributed by atoms with Crippen molar-refractivity contribution in [2.45, 2.75) is 11.3 Å². The molecule has 1 fully saturated rings. The third-order valence-electron chi connectivity index (χ3n) is 5.94. The molecule has 8 nitrogen and oxygen atoms in total. The van der Waals surface area contributed by atoms with Gasteiger partial charge in [-0.2, -0.15) is 5.10 Å². The first kappa shape index (κ1) is 23.5. The molecule has 3 aliphatic rings. The number of nitrogens with zero attached hydrogens (tertiary/aromatic N) is 3. The van der Waals surface area contributed by atoms with E-state index < -0.39 is 10.3 Å². The van der Waals surface area contributed by atoms with E-state index in [1.54, 1.807) is 9.91 Å². The van der Waals surface area contributed by atoms with Crippen molar-refractivity contribution >= 4 is 57.9 Å². The highest BCUT2D eigenvalue weighted by atomic mass is 32.2. The van der Waals surface area contributed by atoms with E-state index in [1.807, 2.05) is 85.8 Å². The number of hydrogen-bond donors (Lipinski definition) is 0. The van der Waals surface area contributed by atoms with Gasteiger partial charge in [-0.25, -0.2) is 9.80 Å². The molecule has 3 aliphatic heterocycles. The summed E-state index contributed by atoms with van der Waals surface area (Å²) in [6.07, 6.45) is 1.82. The van der Waals surface area contributed by atoms with Crippen molar-refractivity contribution in [2.24, 2.45) is 5.10 Å². The summed E-state index contributed by atoms with van der Waals surface area (Å²) in [4.78, 5) is 28.9. The van der Waals surface area contributed by atoms with Crippen molar-refractivity contribution < 1.29 is 23.8 Å². The molecule has 1 unspecified atom stereocenters. The number of amides is 1. The molecule has 1 spiro atoms. The van der Waals surface area contributed by atoms with E-state index in [1.165, 1.54) is 30.6 Å². The lowest BCUT2D eigenvalue weighted by molar-refractivity contribution is -0.132. The molecular formula is C27H21N3O5S2. The number of anilines is 2. The SMILES string of the molecule is COC(=O)C1=NN(c2cccc(C)c2)C2(SC(=Cc3ccc4c(c3)OCO4)C(=O)N2c2ccccc2)S1.